The summed E-state index contributed by atoms with van der Waals surface area (Å²) in [5, 5.41) is 6.06. The maximum Gasteiger partial charge on any atom is 0.243 e. The molecule has 2 rings (SSSR count). The molecule has 4 nitrogen and oxygen atoms in total. The number of aryl methyl sites for hydroxylation is 2. The number of carbonyl (C=O) groups is 1. The van der Waals surface area contributed by atoms with E-state index in [0.717, 1.165) is 17.8 Å². The summed E-state index contributed by atoms with van der Waals surface area (Å²) in [5.41, 5.74) is 3.14. The Morgan fingerprint density at radius 1 is 1.44 bits per heavy atom. The van der Waals surface area contributed by atoms with Crippen LogP contribution < -0.4 is 10.6 Å². The summed E-state index contributed by atoms with van der Waals surface area (Å²) in [6, 6.07) is 5.74. The molecule has 0 radical (unpaired) electrons. The minimum Gasteiger partial charge on any atom is -0.378 e. The van der Waals surface area contributed by atoms with Crippen LogP contribution in [0, 0.1) is 13.8 Å². The lowest BCUT2D eigenvalue weighted by atomic mass is 10.1. The molecule has 1 aromatic carbocycles. The number of nitrogens with one attached hydrogen (secondary N) is 2. The molecule has 0 aromatic heterocycles. The van der Waals surface area contributed by atoms with E-state index < -0.39 is 0 Å². The number of morpholine rings is 1. The standard InChI is InChI=1S/C13H18N2O2.ClH/c1-9-3-4-11(10(2)7-9)15-13(16)12-8-17-6-5-14-12;/h3-4,7,12,14H,5-6,8H2,1-2H3,(H,15,16);1H. The van der Waals surface area contributed by atoms with Gasteiger partial charge in [0, 0.05) is 12.2 Å². The van der Waals surface area contributed by atoms with E-state index in [4.69, 9.17) is 4.74 Å². The number of amides is 1. The van der Waals surface area contributed by atoms with Gasteiger partial charge in [-0.3, -0.25) is 4.79 Å². The third-order valence-electron chi connectivity index (χ3n) is 2.88. The second-order valence-corrected chi connectivity index (χ2v) is 4.39. The molecule has 1 amide bonds. The lowest BCUT2D eigenvalue weighted by Crippen LogP contribution is -2.48. The van der Waals surface area contributed by atoms with Gasteiger partial charge in [-0.2, -0.15) is 0 Å². The molecule has 1 atom stereocenters. The van der Waals surface area contributed by atoms with E-state index in [0.29, 0.717) is 13.2 Å². The summed E-state index contributed by atoms with van der Waals surface area (Å²) in [5.74, 6) is -0.0309. The van der Waals surface area contributed by atoms with Crippen molar-refractivity contribution in [2.45, 2.75) is 19.9 Å². The SMILES string of the molecule is Cc1ccc(NC(=O)C2COCCN2)c(C)c1.Cl. The largest absolute Gasteiger partial charge is 0.378 e. The molecule has 1 heterocycles. The minimum atomic E-state index is -0.246. The summed E-state index contributed by atoms with van der Waals surface area (Å²) in [4.78, 5) is 12.0. The molecule has 0 bridgehead atoms. The number of hydrogen-bond acceptors (Lipinski definition) is 3. The molecule has 1 aliphatic heterocycles. The first-order chi connectivity index (χ1) is 8.16. The van der Waals surface area contributed by atoms with Crippen molar-refractivity contribution < 1.29 is 9.53 Å². The molecule has 1 fully saturated rings. The van der Waals surface area contributed by atoms with Gasteiger partial charge in [-0.25, -0.2) is 0 Å². The van der Waals surface area contributed by atoms with Crippen molar-refractivity contribution in [2.75, 3.05) is 25.1 Å². The number of rotatable bonds is 2. The molecule has 0 aliphatic carbocycles. The molecular weight excluding hydrogens is 252 g/mol. The second kappa shape index (κ2) is 6.73. The molecule has 0 spiro atoms. The Morgan fingerprint density at radius 3 is 2.83 bits per heavy atom. The first-order valence-corrected chi connectivity index (χ1v) is 5.86. The Kier molecular flexibility index (Phi) is 5.59. The fraction of sp³-hybridized carbons (Fsp3) is 0.462. The van der Waals surface area contributed by atoms with Gasteiger partial charge in [0.05, 0.1) is 13.2 Å². The van der Waals surface area contributed by atoms with Gasteiger partial charge in [-0.05, 0) is 25.5 Å². The van der Waals surface area contributed by atoms with Crippen LogP contribution in [0.3, 0.4) is 0 Å². The van der Waals surface area contributed by atoms with Crippen LogP contribution in [0.25, 0.3) is 0 Å². The van der Waals surface area contributed by atoms with Crippen LogP contribution in [-0.4, -0.2) is 31.7 Å². The molecule has 5 heteroatoms. The van der Waals surface area contributed by atoms with Gasteiger partial charge in [0.25, 0.3) is 0 Å². The lowest BCUT2D eigenvalue weighted by molar-refractivity contribution is -0.120. The van der Waals surface area contributed by atoms with E-state index in [1.54, 1.807) is 0 Å². The summed E-state index contributed by atoms with van der Waals surface area (Å²) in [6.07, 6.45) is 0. The van der Waals surface area contributed by atoms with Crippen LogP contribution in [0.15, 0.2) is 18.2 Å². The van der Waals surface area contributed by atoms with E-state index in [2.05, 4.69) is 16.7 Å². The third-order valence-corrected chi connectivity index (χ3v) is 2.88. The predicted molar refractivity (Wildman–Crippen MR) is 74.4 cm³/mol. The molecule has 0 saturated carbocycles. The van der Waals surface area contributed by atoms with Crippen LogP contribution in [0.1, 0.15) is 11.1 Å². The van der Waals surface area contributed by atoms with Gasteiger partial charge in [0.2, 0.25) is 5.91 Å². The van der Waals surface area contributed by atoms with Crippen LogP contribution in [0.2, 0.25) is 0 Å². The zero-order valence-corrected chi connectivity index (χ0v) is 11.5. The highest BCUT2D eigenvalue weighted by atomic mass is 35.5. The number of anilines is 1. The first-order valence-electron chi connectivity index (χ1n) is 5.86. The van der Waals surface area contributed by atoms with E-state index in [1.807, 2.05) is 26.0 Å². The number of benzene rings is 1. The highest BCUT2D eigenvalue weighted by Crippen LogP contribution is 2.16. The van der Waals surface area contributed by atoms with E-state index in [1.165, 1.54) is 5.56 Å². The quantitative estimate of drug-likeness (QED) is 0.859. The van der Waals surface area contributed by atoms with Crippen LogP contribution >= 0.6 is 12.4 Å². The normalized spacial score (nSPS) is 18.9. The maximum atomic E-state index is 12.0. The van der Waals surface area contributed by atoms with Crippen LogP contribution in [-0.2, 0) is 9.53 Å². The topological polar surface area (TPSA) is 50.4 Å². The van der Waals surface area contributed by atoms with Gasteiger partial charge in [-0.15, -0.1) is 12.4 Å². The third kappa shape index (κ3) is 3.70. The van der Waals surface area contributed by atoms with Crippen LogP contribution in [0.5, 0.6) is 0 Å². The lowest BCUT2D eigenvalue weighted by Gasteiger charge is -2.23. The Labute approximate surface area is 114 Å². The second-order valence-electron chi connectivity index (χ2n) is 4.39. The molecule has 1 aromatic rings. The smallest absolute Gasteiger partial charge is 0.243 e. The molecule has 2 N–H and O–H groups in total. The Balaban J connectivity index is 0.00000162. The summed E-state index contributed by atoms with van der Waals surface area (Å²) in [6.45, 7) is 5.87. The van der Waals surface area contributed by atoms with Gasteiger partial charge in [0.15, 0.2) is 0 Å². The average Bonchev–Trinajstić information content (AvgIpc) is 2.34. The monoisotopic (exact) mass is 270 g/mol. The van der Waals surface area contributed by atoms with E-state index in [-0.39, 0.29) is 24.4 Å². The summed E-state index contributed by atoms with van der Waals surface area (Å²) in [7, 11) is 0. The fourth-order valence-corrected chi connectivity index (χ4v) is 1.91. The van der Waals surface area contributed by atoms with Crippen molar-refractivity contribution in [3.05, 3.63) is 29.3 Å². The van der Waals surface area contributed by atoms with Gasteiger partial charge in [-0.1, -0.05) is 17.7 Å². The van der Waals surface area contributed by atoms with Gasteiger partial charge >= 0.3 is 0 Å². The maximum absolute atomic E-state index is 12.0. The minimum absolute atomic E-state index is 0. The number of ether oxygens (including phenoxy) is 1. The zero-order valence-electron chi connectivity index (χ0n) is 10.7. The first kappa shape index (κ1) is 15.0. The fourth-order valence-electron chi connectivity index (χ4n) is 1.91. The van der Waals surface area contributed by atoms with Gasteiger partial charge in [0.1, 0.15) is 6.04 Å². The van der Waals surface area contributed by atoms with Crippen molar-refractivity contribution in [3.8, 4) is 0 Å². The van der Waals surface area contributed by atoms with Crippen LogP contribution in [0.4, 0.5) is 5.69 Å². The highest BCUT2D eigenvalue weighted by molar-refractivity contribution is 5.95. The molecule has 1 unspecified atom stereocenters. The molecule has 18 heavy (non-hydrogen) atoms. The van der Waals surface area contributed by atoms with Crippen molar-refractivity contribution in [1.82, 2.24) is 5.32 Å². The van der Waals surface area contributed by atoms with Crippen molar-refractivity contribution in [3.63, 3.8) is 0 Å². The molecule has 1 saturated heterocycles. The number of hydrogen-bond donors (Lipinski definition) is 2. The zero-order chi connectivity index (χ0) is 12.3. The summed E-state index contributed by atoms with van der Waals surface area (Å²) >= 11 is 0. The molecule has 1 aliphatic rings. The summed E-state index contributed by atoms with van der Waals surface area (Å²) < 4.78 is 5.27. The van der Waals surface area contributed by atoms with Crippen molar-refractivity contribution >= 4 is 24.0 Å². The predicted octanol–water partition coefficient (Wildman–Crippen LogP) is 1.65. The molecule has 100 valence electrons. The van der Waals surface area contributed by atoms with Crippen molar-refractivity contribution in [2.24, 2.45) is 0 Å². The highest BCUT2D eigenvalue weighted by Gasteiger charge is 2.21. The Hall–Kier alpha value is -1.10. The average molecular weight is 271 g/mol. The van der Waals surface area contributed by atoms with E-state index >= 15 is 0 Å². The number of carbonyl (C=O) groups excluding carboxylic acids is 1. The van der Waals surface area contributed by atoms with Gasteiger partial charge < -0.3 is 15.4 Å². The molecular formula is C13H19ClN2O2. The number of halogens is 1. The Bertz CT molecular complexity index is 417. The van der Waals surface area contributed by atoms with Crippen molar-refractivity contribution in [1.29, 1.82) is 0 Å². The van der Waals surface area contributed by atoms with E-state index in [9.17, 15) is 4.79 Å². The Morgan fingerprint density at radius 2 is 2.22 bits per heavy atom.